The fraction of sp³-hybridized carbons (Fsp3) is 0.333. The zero-order chi connectivity index (χ0) is 25.6. The highest BCUT2D eigenvalue weighted by Gasteiger charge is 2.36. The maximum Gasteiger partial charge on any atom is 0.121 e. The van der Waals surface area contributed by atoms with Gasteiger partial charge in [0.05, 0.1) is 0 Å². The summed E-state index contributed by atoms with van der Waals surface area (Å²) in [7, 11) is 0. The van der Waals surface area contributed by atoms with Crippen molar-refractivity contribution in [2.75, 3.05) is 0 Å². The van der Waals surface area contributed by atoms with E-state index >= 15 is 0 Å². The number of alkyl halides is 1. The van der Waals surface area contributed by atoms with E-state index in [9.17, 15) is 0 Å². The zero-order valence-electron chi connectivity index (χ0n) is 21.1. The van der Waals surface area contributed by atoms with Crippen LogP contribution in [0.1, 0.15) is 71.6 Å². The summed E-state index contributed by atoms with van der Waals surface area (Å²) in [5, 5.41) is 0.624. The highest BCUT2D eigenvalue weighted by molar-refractivity contribution is 6.35. The molecule has 0 N–H and O–H groups in total. The van der Waals surface area contributed by atoms with Gasteiger partial charge in [-0.3, -0.25) is 0 Å². The summed E-state index contributed by atoms with van der Waals surface area (Å²) in [6, 6.07) is 15.9. The molecular formula is C30H42Cl2. The molecule has 0 radical (unpaired) electrons. The number of benzene rings is 2. The molecule has 2 aromatic rings. The van der Waals surface area contributed by atoms with Gasteiger partial charge in [-0.05, 0) is 29.2 Å². The van der Waals surface area contributed by atoms with E-state index in [1.807, 2.05) is 58.0 Å². The van der Waals surface area contributed by atoms with Crippen LogP contribution < -0.4 is 0 Å². The van der Waals surface area contributed by atoms with Crippen molar-refractivity contribution in [3.05, 3.63) is 107 Å². The van der Waals surface area contributed by atoms with Crippen LogP contribution in [0.25, 0.3) is 0 Å². The summed E-state index contributed by atoms with van der Waals surface area (Å²) in [5.74, 6) is 0. The van der Waals surface area contributed by atoms with Gasteiger partial charge < -0.3 is 0 Å². The van der Waals surface area contributed by atoms with Gasteiger partial charge in [-0.15, -0.1) is 24.4 Å². The first-order chi connectivity index (χ1) is 15.5. The fourth-order valence-electron chi connectivity index (χ4n) is 2.64. The van der Waals surface area contributed by atoms with Gasteiger partial charge in [0.2, 0.25) is 0 Å². The van der Waals surface area contributed by atoms with Crippen LogP contribution >= 0.6 is 23.2 Å². The fourth-order valence-corrected chi connectivity index (χ4v) is 3.40. The van der Waals surface area contributed by atoms with Crippen molar-refractivity contribution >= 4 is 23.2 Å². The van der Waals surface area contributed by atoms with Crippen molar-refractivity contribution < 1.29 is 0 Å². The maximum atomic E-state index is 7.16. The van der Waals surface area contributed by atoms with E-state index in [0.29, 0.717) is 5.02 Å². The normalized spacial score (nSPS) is 11.2. The van der Waals surface area contributed by atoms with E-state index in [1.54, 1.807) is 12.2 Å². The van der Waals surface area contributed by atoms with E-state index in [-0.39, 0.29) is 0 Å². The van der Waals surface area contributed by atoms with Gasteiger partial charge in [0, 0.05) is 10.6 Å². The summed E-state index contributed by atoms with van der Waals surface area (Å²) in [6.07, 6.45) is 15.6. The molecule has 2 aromatic carbocycles. The molecule has 0 fully saturated rings. The molecule has 2 heteroatoms. The Balaban J connectivity index is -0.000000822. The number of hydrogen-bond acceptors (Lipinski definition) is 0. The SMILES string of the molecule is C#C.C=C/C=C(\C=C)C(Cl)(c1ccc(CC)cc1)c1ccccc1Cl.CC.CC.CCC. The van der Waals surface area contributed by atoms with Crippen LogP contribution in [0.5, 0.6) is 0 Å². The molecule has 0 spiro atoms. The minimum absolute atomic E-state index is 0.624. The molecule has 0 nitrogen and oxygen atoms in total. The van der Waals surface area contributed by atoms with Crippen LogP contribution in [0.3, 0.4) is 0 Å². The lowest BCUT2D eigenvalue weighted by Crippen LogP contribution is -2.23. The Morgan fingerprint density at radius 2 is 1.38 bits per heavy atom. The Bertz CT molecular complexity index is 782. The van der Waals surface area contributed by atoms with Crippen molar-refractivity contribution in [1.29, 1.82) is 0 Å². The smallest absolute Gasteiger partial charge is 0.121 e. The number of terminal acetylenes is 1. The highest BCUT2D eigenvalue weighted by atomic mass is 35.5. The van der Waals surface area contributed by atoms with Gasteiger partial charge in [-0.2, -0.15) is 0 Å². The average molecular weight is 474 g/mol. The molecule has 0 saturated heterocycles. The molecule has 0 aromatic heterocycles. The number of hydrogen-bond donors (Lipinski definition) is 0. The number of halogens is 2. The predicted molar refractivity (Wildman–Crippen MR) is 151 cm³/mol. The lowest BCUT2D eigenvalue weighted by Gasteiger charge is -2.31. The molecular weight excluding hydrogens is 431 g/mol. The molecule has 1 atom stereocenters. The Morgan fingerprint density at radius 1 is 0.906 bits per heavy atom. The van der Waals surface area contributed by atoms with Crippen molar-refractivity contribution in [3.63, 3.8) is 0 Å². The quantitative estimate of drug-likeness (QED) is 0.222. The Kier molecular flexibility index (Phi) is 23.7. The zero-order valence-corrected chi connectivity index (χ0v) is 22.6. The minimum Gasteiger partial charge on any atom is -0.124 e. The summed E-state index contributed by atoms with van der Waals surface area (Å²) in [5.41, 5.74) is 3.89. The monoisotopic (exact) mass is 472 g/mol. The first-order valence-electron chi connectivity index (χ1n) is 11.3. The molecule has 0 amide bonds. The molecule has 0 aliphatic carbocycles. The lowest BCUT2D eigenvalue weighted by molar-refractivity contribution is 0.877. The van der Waals surface area contributed by atoms with Gasteiger partial charge in [0.1, 0.15) is 4.87 Å². The number of allylic oxidation sites excluding steroid dienone is 4. The predicted octanol–water partition coefficient (Wildman–Crippen LogP) is 10.4. The van der Waals surface area contributed by atoms with E-state index in [2.05, 4.69) is 71.0 Å². The summed E-state index contributed by atoms with van der Waals surface area (Å²) >= 11 is 13.6. The molecule has 2 rings (SSSR count). The molecule has 0 saturated carbocycles. The number of rotatable bonds is 6. The first-order valence-corrected chi connectivity index (χ1v) is 12.1. The van der Waals surface area contributed by atoms with Crippen LogP contribution in [0, 0.1) is 12.8 Å². The Morgan fingerprint density at radius 3 is 1.75 bits per heavy atom. The summed E-state index contributed by atoms with van der Waals surface area (Å²) < 4.78 is 0. The summed E-state index contributed by atoms with van der Waals surface area (Å²) in [4.78, 5) is -0.902. The van der Waals surface area contributed by atoms with Gasteiger partial charge in [-0.1, -0.05) is 140 Å². The van der Waals surface area contributed by atoms with E-state index in [0.717, 1.165) is 23.1 Å². The first kappa shape index (κ1) is 34.4. The molecule has 0 bridgehead atoms. The van der Waals surface area contributed by atoms with Gasteiger partial charge in [-0.25, -0.2) is 0 Å². The average Bonchev–Trinajstić information content (AvgIpc) is 2.86. The van der Waals surface area contributed by atoms with Crippen molar-refractivity contribution in [3.8, 4) is 12.8 Å². The maximum absolute atomic E-state index is 7.16. The Hall–Kier alpha value is -2.20. The standard InChI is InChI=1S/C21H20Cl2.C3H8.2C2H6.C2H2/c1-4-9-17(6-3)21(23,19-10-7-8-11-20(19)22)18-14-12-16(5-2)13-15-18;1-3-2;3*1-2/h4,6-15H,1,3,5H2,2H3;3H2,1-2H3;2*1-2H3;1-2H/b17-9+;;;;. The second-order valence-corrected chi connectivity index (χ2v) is 6.93. The van der Waals surface area contributed by atoms with Crippen LogP contribution in [-0.2, 0) is 11.3 Å². The van der Waals surface area contributed by atoms with Crippen LogP contribution in [0.2, 0.25) is 5.02 Å². The van der Waals surface area contributed by atoms with E-state index < -0.39 is 4.87 Å². The summed E-state index contributed by atoms with van der Waals surface area (Å²) in [6.45, 7) is 22.1. The van der Waals surface area contributed by atoms with Crippen molar-refractivity contribution in [2.24, 2.45) is 0 Å². The minimum atomic E-state index is -0.902. The van der Waals surface area contributed by atoms with Crippen LogP contribution in [0.4, 0.5) is 0 Å². The van der Waals surface area contributed by atoms with Gasteiger partial charge in [0.25, 0.3) is 0 Å². The van der Waals surface area contributed by atoms with Crippen LogP contribution in [-0.4, -0.2) is 0 Å². The second-order valence-electron chi connectivity index (χ2n) is 5.96. The largest absolute Gasteiger partial charge is 0.124 e. The molecule has 176 valence electrons. The molecule has 32 heavy (non-hydrogen) atoms. The van der Waals surface area contributed by atoms with Crippen LogP contribution in [0.15, 0.2) is 85.5 Å². The highest BCUT2D eigenvalue weighted by Crippen LogP contribution is 2.46. The van der Waals surface area contributed by atoms with E-state index in [1.165, 1.54) is 12.0 Å². The molecule has 0 heterocycles. The van der Waals surface area contributed by atoms with Gasteiger partial charge >= 0.3 is 0 Å². The third-order valence-corrected chi connectivity index (χ3v) is 4.89. The van der Waals surface area contributed by atoms with E-state index in [4.69, 9.17) is 23.2 Å². The molecule has 0 aliphatic heterocycles. The lowest BCUT2D eigenvalue weighted by atomic mass is 9.83. The van der Waals surface area contributed by atoms with Crippen molar-refractivity contribution in [2.45, 2.75) is 66.2 Å². The van der Waals surface area contributed by atoms with Gasteiger partial charge in [0.15, 0.2) is 0 Å². The molecule has 0 aliphatic rings. The van der Waals surface area contributed by atoms with Crippen molar-refractivity contribution in [1.82, 2.24) is 0 Å². The Labute approximate surface area is 209 Å². The second kappa shape index (κ2) is 22.0. The third kappa shape index (κ3) is 10.4. The third-order valence-electron chi connectivity index (χ3n) is 3.92. The number of aryl methyl sites for hydroxylation is 1. The molecule has 1 unspecified atom stereocenters. The topological polar surface area (TPSA) is 0 Å².